The van der Waals surface area contributed by atoms with Crippen LogP contribution in [0.2, 0.25) is 0 Å². The molecule has 1 aromatic rings. The zero-order valence-electron chi connectivity index (χ0n) is 12.4. The van der Waals surface area contributed by atoms with E-state index < -0.39 is 0 Å². The molecule has 0 saturated carbocycles. The highest BCUT2D eigenvalue weighted by atomic mass is 19.1. The summed E-state index contributed by atoms with van der Waals surface area (Å²) in [5.41, 5.74) is 0.935. The smallest absolute Gasteiger partial charge is 0.141 e. The van der Waals surface area contributed by atoms with E-state index in [1.54, 1.807) is 13.2 Å². The quantitative estimate of drug-likeness (QED) is 0.867. The molecule has 1 atom stereocenters. The van der Waals surface area contributed by atoms with E-state index in [2.05, 4.69) is 15.2 Å². The summed E-state index contributed by atoms with van der Waals surface area (Å²) in [7, 11) is 1.74. The molecule has 1 aliphatic rings. The van der Waals surface area contributed by atoms with Crippen molar-refractivity contribution in [1.29, 1.82) is 0 Å². The molecule has 20 heavy (non-hydrogen) atoms. The Kier molecular flexibility index (Phi) is 5.73. The summed E-state index contributed by atoms with van der Waals surface area (Å²) in [6.07, 6.45) is 3.63. The van der Waals surface area contributed by atoms with Gasteiger partial charge in [0.05, 0.1) is 12.8 Å². The van der Waals surface area contributed by atoms with Crippen LogP contribution in [0.5, 0.6) is 0 Å². The summed E-state index contributed by atoms with van der Waals surface area (Å²) in [5, 5.41) is 3.25. The van der Waals surface area contributed by atoms with E-state index in [9.17, 15) is 4.39 Å². The number of anilines is 1. The van der Waals surface area contributed by atoms with Crippen molar-refractivity contribution in [1.82, 2.24) is 10.3 Å². The Morgan fingerprint density at radius 2 is 2.40 bits per heavy atom. The van der Waals surface area contributed by atoms with Crippen LogP contribution >= 0.6 is 0 Å². The number of rotatable bonds is 6. The molecule has 1 unspecified atom stereocenters. The van der Waals surface area contributed by atoms with Crippen molar-refractivity contribution < 1.29 is 9.13 Å². The van der Waals surface area contributed by atoms with E-state index in [0.29, 0.717) is 12.5 Å². The zero-order chi connectivity index (χ0) is 14.4. The number of hydrogen-bond donors (Lipinski definition) is 1. The fraction of sp³-hybridized carbons (Fsp3) is 0.667. The maximum Gasteiger partial charge on any atom is 0.141 e. The number of pyridine rings is 1. The fourth-order valence-electron chi connectivity index (χ4n) is 2.78. The molecule has 5 heteroatoms. The van der Waals surface area contributed by atoms with Gasteiger partial charge in [0.15, 0.2) is 0 Å². The molecule has 1 saturated heterocycles. The van der Waals surface area contributed by atoms with Crippen LogP contribution < -0.4 is 10.2 Å². The van der Waals surface area contributed by atoms with Gasteiger partial charge < -0.3 is 15.0 Å². The van der Waals surface area contributed by atoms with E-state index >= 15 is 0 Å². The first-order chi connectivity index (χ1) is 9.74. The summed E-state index contributed by atoms with van der Waals surface area (Å²) in [6.45, 7) is 6.26. The second-order valence-corrected chi connectivity index (χ2v) is 5.33. The average molecular weight is 281 g/mol. The van der Waals surface area contributed by atoms with Gasteiger partial charge in [0.2, 0.25) is 0 Å². The van der Waals surface area contributed by atoms with Crippen LogP contribution in [0.4, 0.5) is 10.2 Å². The van der Waals surface area contributed by atoms with Gasteiger partial charge in [-0.3, -0.25) is 0 Å². The lowest BCUT2D eigenvalue weighted by Gasteiger charge is -2.34. The molecule has 1 aromatic heterocycles. The van der Waals surface area contributed by atoms with E-state index in [-0.39, 0.29) is 5.82 Å². The Morgan fingerprint density at radius 3 is 3.15 bits per heavy atom. The third kappa shape index (κ3) is 3.90. The lowest BCUT2D eigenvalue weighted by Crippen LogP contribution is -2.38. The molecule has 0 aromatic carbocycles. The second-order valence-electron chi connectivity index (χ2n) is 5.33. The van der Waals surface area contributed by atoms with Crippen LogP contribution in [-0.2, 0) is 11.3 Å². The molecule has 0 aliphatic carbocycles. The summed E-state index contributed by atoms with van der Waals surface area (Å²) in [4.78, 5) is 6.58. The Hall–Kier alpha value is -1.20. The normalized spacial score (nSPS) is 19.4. The van der Waals surface area contributed by atoms with Gasteiger partial charge in [0.1, 0.15) is 11.6 Å². The van der Waals surface area contributed by atoms with Gasteiger partial charge in [-0.1, -0.05) is 6.92 Å². The number of nitrogens with one attached hydrogen (secondary N) is 1. The molecule has 0 amide bonds. The molecule has 0 radical (unpaired) electrons. The highest BCUT2D eigenvalue weighted by molar-refractivity contribution is 5.47. The summed E-state index contributed by atoms with van der Waals surface area (Å²) in [5.74, 6) is 1.17. The van der Waals surface area contributed by atoms with Gasteiger partial charge in [-0.2, -0.15) is 0 Å². The van der Waals surface area contributed by atoms with Crippen molar-refractivity contribution in [3.63, 3.8) is 0 Å². The average Bonchev–Trinajstić information content (AvgIpc) is 2.46. The maximum atomic E-state index is 13.4. The molecule has 4 nitrogen and oxygen atoms in total. The van der Waals surface area contributed by atoms with Crippen molar-refractivity contribution in [2.24, 2.45) is 5.92 Å². The molecule has 1 fully saturated rings. The second kappa shape index (κ2) is 7.55. The van der Waals surface area contributed by atoms with E-state index in [4.69, 9.17) is 4.74 Å². The Morgan fingerprint density at radius 1 is 1.55 bits per heavy atom. The predicted octanol–water partition coefficient (Wildman–Crippen LogP) is 2.19. The van der Waals surface area contributed by atoms with Crippen LogP contribution in [-0.4, -0.2) is 38.3 Å². The van der Waals surface area contributed by atoms with Crippen molar-refractivity contribution >= 4 is 5.82 Å². The SMILES string of the molecule is CCNCc1cc(F)cnc1N1CCCC(COC)C1. The minimum Gasteiger partial charge on any atom is -0.384 e. The largest absolute Gasteiger partial charge is 0.384 e. The Labute approximate surface area is 120 Å². The number of aromatic nitrogens is 1. The van der Waals surface area contributed by atoms with Crippen molar-refractivity contribution in [2.45, 2.75) is 26.3 Å². The maximum absolute atomic E-state index is 13.4. The number of halogens is 1. The Balaban J connectivity index is 2.13. The fourth-order valence-corrected chi connectivity index (χ4v) is 2.78. The van der Waals surface area contributed by atoms with Crippen LogP contribution in [0, 0.1) is 11.7 Å². The van der Waals surface area contributed by atoms with Crippen molar-refractivity contribution in [3.05, 3.63) is 23.6 Å². The molecule has 1 aliphatic heterocycles. The van der Waals surface area contributed by atoms with Crippen LogP contribution in [0.15, 0.2) is 12.3 Å². The first-order valence-electron chi connectivity index (χ1n) is 7.33. The predicted molar refractivity (Wildman–Crippen MR) is 78.4 cm³/mol. The van der Waals surface area contributed by atoms with E-state index in [0.717, 1.165) is 44.0 Å². The zero-order valence-corrected chi connectivity index (χ0v) is 12.4. The lowest BCUT2D eigenvalue weighted by atomic mass is 9.98. The van der Waals surface area contributed by atoms with Crippen LogP contribution in [0.25, 0.3) is 0 Å². The number of methoxy groups -OCH3 is 1. The number of nitrogens with zero attached hydrogens (tertiary/aromatic N) is 2. The number of ether oxygens (including phenoxy) is 1. The minimum absolute atomic E-state index is 0.271. The summed E-state index contributed by atoms with van der Waals surface area (Å²) in [6, 6.07) is 1.59. The van der Waals surface area contributed by atoms with Crippen LogP contribution in [0.1, 0.15) is 25.3 Å². The van der Waals surface area contributed by atoms with Gasteiger partial charge in [0.25, 0.3) is 0 Å². The Bertz CT molecular complexity index is 426. The molecule has 2 rings (SSSR count). The molecule has 1 N–H and O–H groups in total. The minimum atomic E-state index is -0.271. The van der Waals surface area contributed by atoms with Gasteiger partial charge in [-0.15, -0.1) is 0 Å². The first kappa shape index (κ1) is 15.2. The van der Waals surface area contributed by atoms with Crippen molar-refractivity contribution in [2.75, 3.05) is 38.3 Å². The third-order valence-electron chi connectivity index (χ3n) is 3.70. The topological polar surface area (TPSA) is 37.4 Å². The molecule has 2 heterocycles. The van der Waals surface area contributed by atoms with Gasteiger partial charge >= 0.3 is 0 Å². The highest BCUT2D eigenvalue weighted by Crippen LogP contribution is 2.25. The molecular weight excluding hydrogens is 257 g/mol. The van der Waals surface area contributed by atoms with E-state index in [1.807, 2.05) is 6.92 Å². The molecular formula is C15H24FN3O. The summed E-state index contributed by atoms with van der Waals surface area (Å²) < 4.78 is 18.7. The van der Waals surface area contributed by atoms with Gasteiger partial charge in [-0.05, 0) is 31.4 Å². The standard InChI is InChI=1S/C15H24FN3O/c1-3-17-8-13-7-14(16)9-18-15(13)19-6-4-5-12(10-19)11-20-2/h7,9,12,17H,3-6,8,10-11H2,1-2H3. The van der Waals surface area contributed by atoms with Crippen molar-refractivity contribution in [3.8, 4) is 0 Å². The number of hydrogen-bond acceptors (Lipinski definition) is 4. The molecule has 0 bridgehead atoms. The van der Waals surface area contributed by atoms with Crippen LogP contribution in [0.3, 0.4) is 0 Å². The third-order valence-corrected chi connectivity index (χ3v) is 3.70. The number of piperidine rings is 1. The first-order valence-corrected chi connectivity index (χ1v) is 7.33. The molecule has 112 valence electrons. The summed E-state index contributed by atoms with van der Waals surface area (Å²) >= 11 is 0. The molecule has 0 spiro atoms. The van der Waals surface area contributed by atoms with Gasteiger partial charge in [-0.25, -0.2) is 9.37 Å². The monoisotopic (exact) mass is 281 g/mol. The van der Waals surface area contributed by atoms with E-state index in [1.165, 1.54) is 12.6 Å². The highest BCUT2D eigenvalue weighted by Gasteiger charge is 2.22. The van der Waals surface area contributed by atoms with Gasteiger partial charge in [0, 0.05) is 32.3 Å². The lowest BCUT2D eigenvalue weighted by molar-refractivity contribution is 0.143.